The third-order valence-corrected chi connectivity index (χ3v) is 3.11. The Morgan fingerprint density at radius 2 is 2.21 bits per heavy atom. The Hall–Kier alpha value is -1.41. The molecule has 3 nitrogen and oxygen atoms in total. The summed E-state index contributed by atoms with van der Waals surface area (Å²) in [6.07, 6.45) is 1.03. The standard InChI is InChI=1S/C15H19FN2O/c16-15-5-4-14(13(11-15)3-1-6-17)12-18-7-2-9-19-10-8-18/h4-5,11H,2,6-10,12,17H2. The molecule has 0 amide bonds. The van der Waals surface area contributed by atoms with Crippen molar-refractivity contribution in [3.63, 3.8) is 0 Å². The van der Waals surface area contributed by atoms with Crippen LogP contribution in [-0.2, 0) is 11.3 Å². The summed E-state index contributed by atoms with van der Waals surface area (Å²) in [6.45, 7) is 4.54. The third-order valence-electron chi connectivity index (χ3n) is 3.11. The summed E-state index contributed by atoms with van der Waals surface area (Å²) in [4.78, 5) is 2.31. The van der Waals surface area contributed by atoms with Gasteiger partial charge >= 0.3 is 0 Å². The molecule has 0 aliphatic carbocycles. The summed E-state index contributed by atoms with van der Waals surface area (Å²) in [6, 6.07) is 4.77. The average Bonchev–Trinajstić information content (AvgIpc) is 2.67. The quantitative estimate of drug-likeness (QED) is 0.818. The van der Waals surface area contributed by atoms with E-state index in [0.29, 0.717) is 0 Å². The van der Waals surface area contributed by atoms with Crippen molar-refractivity contribution in [3.8, 4) is 11.8 Å². The normalized spacial score (nSPS) is 16.5. The van der Waals surface area contributed by atoms with Gasteiger partial charge < -0.3 is 10.5 Å². The molecule has 4 heteroatoms. The van der Waals surface area contributed by atoms with E-state index in [0.717, 1.165) is 50.4 Å². The van der Waals surface area contributed by atoms with Gasteiger partial charge in [0.25, 0.3) is 0 Å². The summed E-state index contributed by atoms with van der Waals surface area (Å²) in [5.41, 5.74) is 7.15. The second-order valence-electron chi connectivity index (χ2n) is 4.55. The van der Waals surface area contributed by atoms with Crippen LogP contribution in [0.25, 0.3) is 0 Å². The Labute approximate surface area is 113 Å². The van der Waals surface area contributed by atoms with Crippen LogP contribution >= 0.6 is 0 Å². The molecule has 0 aromatic heterocycles. The summed E-state index contributed by atoms with van der Waals surface area (Å²) in [5.74, 6) is 5.48. The Balaban J connectivity index is 2.13. The molecule has 0 saturated carbocycles. The molecule has 0 bridgehead atoms. The van der Waals surface area contributed by atoms with Crippen LogP contribution in [0.5, 0.6) is 0 Å². The fraction of sp³-hybridized carbons (Fsp3) is 0.467. The number of hydrogen-bond acceptors (Lipinski definition) is 3. The third kappa shape index (κ3) is 4.32. The Morgan fingerprint density at radius 1 is 1.32 bits per heavy atom. The fourth-order valence-electron chi connectivity index (χ4n) is 2.15. The number of ether oxygens (including phenoxy) is 1. The average molecular weight is 262 g/mol. The Bertz CT molecular complexity index is 471. The lowest BCUT2D eigenvalue weighted by Gasteiger charge is -2.19. The van der Waals surface area contributed by atoms with Crippen LogP contribution in [0.1, 0.15) is 17.5 Å². The molecule has 1 aromatic rings. The van der Waals surface area contributed by atoms with Crippen molar-refractivity contribution in [1.82, 2.24) is 4.90 Å². The topological polar surface area (TPSA) is 38.5 Å². The molecule has 0 atom stereocenters. The van der Waals surface area contributed by atoms with E-state index in [1.807, 2.05) is 6.07 Å². The zero-order valence-corrected chi connectivity index (χ0v) is 11.0. The van der Waals surface area contributed by atoms with Crippen molar-refractivity contribution < 1.29 is 9.13 Å². The van der Waals surface area contributed by atoms with Crippen molar-refractivity contribution in [3.05, 3.63) is 35.1 Å². The predicted molar refractivity (Wildman–Crippen MR) is 73.0 cm³/mol. The molecule has 102 valence electrons. The first kappa shape index (κ1) is 14.0. The van der Waals surface area contributed by atoms with Crippen LogP contribution in [0.2, 0.25) is 0 Å². The lowest BCUT2D eigenvalue weighted by Crippen LogP contribution is -2.26. The van der Waals surface area contributed by atoms with Gasteiger partial charge in [-0.25, -0.2) is 4.39 Å². The minimum Gasteiger partial charge on any atom is -0.380 e. The second kappa shape index (κ2) is 7.25. The minimum atomic E-state index is -0.260. The molecule has 1 heterocycles. The predicted octanol–water partition coefficient (Wildman–Crippen LogP) is 1.36. The van der Waals surface area contributed by atoms with Crippen LogP contribution in [0.4, 0.5) is 4.39 Å². The van der Waals surface area contributed by atoms with Crippen LogP contribution in [-0.4, -0.2) is 37.7 Å². The first-order chi connectivity index (χ1) is 9.29. The Morgan fingerprint density at radius 3 is 3.05 bits per heavy atom. The molecule has 1 aliphatic rings. The highest BCUT2D eigenvalue weighted by Crippen LogP contribution is 2.14. The first-order valence-electron chi connectivity index (χ1n) is 6.57. The molecule has 0 spiro atoms. The van der Waals surface area contributed by atoms with E-state index < -0.39 is 0 Å². The fourth-order valence-corrected chi connectivity index (χ4v) is 2.15. The molecule has 0 radical (unpaired) electrons. The van der Waals surface area contributed by atoms with Crippen LogP contribution in [0.15, 0.2) is 18.2 Å². The van der Waals surface area contributed by atoms with Crippen molar-refractivity contribution in [1.29, 1.82) is 0 Å². The molecule has 1 aromatic carbocycles. The highest BCUT2D eigenvalue weighted by molar-refractivity contribution is 5.41. The molecule has 1 aliphatic heterocycles. The van der Waals surface area contributed by atoms with Gasteiger partial charge in [0.15, 0.2) is 0 Å². The molecule has 0 unspecified atom stereocenters. The van der Waals surface area contributed by atoms with Crippen molar-refractivity contribution >= 4 is 0 Å². The maximum Gasteiger partial charge on any atom is 0.124 e. The lowest BCUT2D eigenvalue weighted by atomic mass is 10.1. The molecule has 1 fully saturated rings. The van der Waals surface area contributed by atoms with Crippen LogP contribution in [0.3, 0.4) is 0 Å². The SMILES string of the molecule is NCC#Cc1cc(F)ccc1CN1CCCOCC1. The molecular formula is C15H19FN2O. The molecule has 2 rings (SSSR count). The largest absolute Gasteiger partial charge is 0.380 e. The molecule has 19 heavy (non-hydrogen) atoms. The Kier molecular flexibility index (Phi) is 5.34. The number of halogens is 1. The summed E-state index contributed by atoms with van der Waals surface area (Å²) < 4.78 is 18.7. The molecule has 2 N–H and O–H groups in total. The van der Waals surface area contributed by atoms with Gasteiger partial charge in [0.05, 0.1) is 13.2 Å². The van der Waals surface area contributed by atoms with E-state index in [1.54, 1.807) is 0 Å². The highest BCUT2D eigenvalue weighted by atomic mass is 19.1. The van der Waals surface area contributed by atoms with Crippen molar-refractivity contribution in [2.24, 2.45) is 5.73 Å². The van der Waals surface area contributed by atoms with Gasteiger partial charge in [0.1, 0.15) is 5.82 Å². The zero-order valence-electron chi connectivity index (χ0n) is 11.0. The lowest BCUT2D eigenvalue weighted by molar-refractivity contribution is 0.140. The van der Waals surface area contributed by atoms with Crippen LogP contribution < -0.4 is 5.73 Å². The van der Waals surface area contributed by atoms with Gasteiger partial charge in [-0.15, -0.1) is 0 Å². The summed E-state index contributed by atoms with van der Waals surface area (Å²) in [5, 5.41) is 0. The van der Waals surface area contributed by atoms with E-state index in [1.165, 1.54) is 12.1 Å². The zero-order chi connectivity index (χ0) is 13.5. The first-order valence-corrected chi connectivity index (χ1v) is 6.57. The molecular weight excluding hydrogens is 243 g/mol. The highest BCUT2D eigenvalue weighted by Gasteiger charge is 2.11. The number of nitrogens with two attached hydrogens (primary N) is 1. The van der Waals surface area contributed by atoms with Gasteiger partial charge in [-0.3, -0.25) is 4.90 Å². The number of nitrogens with zero attached hydrogens (tertiary/aromatic N) is 1. The maximum atomic E-state index is 13.3. The van der Waals surface area contributed by atoms with Gasteiger partial charge in [-0.2, -0.15) is 0 Å². The van der Waals surface area contributed by atoms with E-state index in [9.17, 15) is 4.39 Å². The maximum absolute atomic E-state index is 13.3. The summed E-state index contributed by atoms with van der Waals surface area (Å²) in [7, 11) is 0. The van der Waals surface area contributed by atoms with Gasteiger partial charge in [-0.05, 0) is 24.1 Å². The van der Waals surface area contributed by atoms with E-state index >= 15 is 0 Å². The van der Waals surface area contributed by atoms with E-state index in [2.05, 4.69) is 16.7 Å². The van der Waals surface area contributed by atoms with Gasteiger partial charge in [0, 0.05) is 31.8 Å². The smallest absolute Gasteiger partial charge is 0.124 e. The number of benzene rings is 1. The minimum absolute atomic E-state index is 0.260. The number of hydrogen-bond donors (Lipinski definition) is 1. The van der Waals surface area contributed by atoms with E-state index in [4.69, 9.17) is 10.5 Å². The van der Waals surface area contributed by atoms with Crippen molar-refractivity contribution in [2.45, 2.75) is 13.0 Å². The number of rotatable bonds is 2. The van der Waals surface area contributed by atoms with Gasteiger partial charge in [-0.1, -0.05) is 17.9 Å². The monoisotopic (exact) mass is 262 g/mol. The summed E-state index contributed by atoms with van der Waals surface area (Å²) >= 11 is 0. The van der Waals surface area contributed by atoms with Crippen LogP contribution in [0, 0.1) is 17.7 Å². The van der Waals surface area contributed by atoms with Crippen molar-refractivity contribution in [2.75, 3.05) is 32.8 Å². The second-order valence-corrected chi connectivity index (χ2v) is 4.55. The van der Waals surface area contributed by atoms with Gasteiger partial charge in [0.2, 0.25) is 0 Å². The molecule has 1 saturated heterocycles. The van der Waals surface area contributed by atoms with E-state index in [-0.39, 0.29) is 12.4 Å².